The number of hydrogen-bond donors (Lipinski definition) is 0. The van der Waals surface area contributed by atoms with Crippen molar-refractivity contribution in [3.05, 3.63) is 0 Å². The van der Waals surface area contributed by atoms with E-state index < -0.39 is 0 Å². The first-order valence-electron chi connectivity index (χ1n) is 5.87. The van der Waals surface area contributed by atoms with E-state index >= 15 is 0 Å². The van der Waals surface area contributed by atoms with Gasteiger partial charge in [-0.05, 0) is 25.9 Å². The molecule has 0 rings (SSSR count). The third-order valence-corrected chi connectivity index (χ3v) is 2.90. The highest BCUT2D eigenvalue weighted by Crippen LogP contribution is 2.26. The molecule has 0 aliphatic heterocycles. The van der Waals surface area contributed by atoms with E-state index in [2.05, 4.69) is 38.7 Å². The summed E-state index contributed by atoms with van der Waals surface area (Å²) >= 11 is 0. The van der Waals surface area contributed by atoms with E-state index in [9.17, 15) is 5.26 Å². The molecule has 0 saturated carbocycles. The van der Waals surface area contributed by atoms with E-state index in [1.807, 2.05) is 0 Å². The van der Waals surface area contributed by atoms with E-state index in [4.69, 9.17) is 0 Å². The zero-order chi connectivity index (χ0) is 11.0. The summed E-state index contributed by atoms with van der Waals surface area (Å²) in [6.07, 6.45) is 4.17. The van der Waals surface area contributed by atoms with Gasteiger partial charge >= 0.3 is 0 Å². The first-order valence-corrected chi connectivity index (χ1v) is 5.87. The van der Waals surface area contributed by atoms with Crippen molar-refractivity contribution < 1.29 is 0 Å². The predicted molar refractivity (Wildman–Crippen MR) is 61.1 cm³/mol. The summed E-state index contributed by atoms with van der Waals surface area (Å²) in [4.78, 5) is 2.31. The highest BCUT2D eigenvalue weighted by Gasteiger charge is 2.33. The number of nitrogens with zero attached hydrogens (tertiary/aromatic N) is 2. The van der Waals surface area contributed by atoms with Crippen molar-refractivity contribution in [3.63, 3.8) is 0 Å². The molecule has 0 aromatic carbocycles. The second kappa shape index (κ2) is 6.84. The van der Waals surface area contributed by atoms with Gasteiger partial charge in [-0.1, -0.05) is 40.5 Å². The minimum Gasteiger partial charge on any atom is -0.286 e. The summed E-state index contributed by atoms with van der Waals surface area (Å²) in [5.41, 5.74) is -0.201. The van der Waals surface area contributed by atoms with Crippen LogP contribution in [0.5, 0.6) is 0 Å². The molecule has 2 nitrogen and oxygen atoms in total. The van der Waals surface area contributed by atoms with E-state index in [1.54, 1.807) is 0 Å². The Balaban J connectivity index is 4.71. The van der Waals surface area contributed by atoms with Gasteiger partial charge in [-0.25, -0.2) is 0 Å². The van der Waals surface area contributed by atoms with Crippen LogP contribution < -0.4 is 0 Å². The van der Waals surface area contributed by atoms with Gasteiger partial charge in [-0.3, -0.25) is 4.90 Å². The Hall–Kier alpha value is -0.550. The van der Waals surface area contributed by atoms with Crippen LogP contribution in [0.3, 0.4) is 0 Å². The van der Waals surface area contributed by atoms with Crippen molar-refractivity contribution in [2.24, 2.45) is 0 Å². The first-order chi connectivity index (χ1) is 6.70. The van der Waals surface area contributed by atoms with E-state index in [-0.39, 0.29) is 5.54 Å². The second-order valence-corrected chi connectivity index (χ2v) is 3.82. The monoisotopic (exact) mass is 196 g/mol. The molecule has 0 spiro atoms. The van der Waals surface area contributed by atoms with Crippen LogP contribution in [0.15, 0.2) is 0 Å². The summed E-state index contributed by atoms with van der Waals surface area (Å²) in [6, 6.07) is 2.55. The lowest BCUT2D eigenvalue weighted by molar-refractivity contribution is 0.130. The molecule has 0 aromatic heterocycles. The Kier molecular flexibility index (Phi) is 6.57. The molecule has 0 amide bonds. The minimum absolute atomic E-state index is 0.201. The van der Waals surface area contributed by atoms with Gasteiger partial charge in [0, 0.05) is 0 Å². The normalized spacial score (nSPS) is 11.7. The van der Waals surface area contributed by atoms with E-state index in [1.165, 1.54) is 0 Å². The molecule has 0 fully saturated rings. The first kappa shape index (κ1) is 13.4. The smallest absolute Gasteiger partial charge is 0.109 e. The van der Waals surface area contributed by atoms with Crippen LogP contribution in [-0.4, -0.2) is 23.5 Å². The average Bonchev–Trinajstić information content (AvgIpc) is 2.20. The van der Waals surface area contributed by atoms with Gasteiger partial charge in [0.1, 0.15) is 5.54 Å². The summed E-state index contributed by atoms with van der Waals surface area (Å²) in [5, 5.41) is 9.38. The van der Waals surface area contributed by atoms with Crippen LogP contribution in [-0.2, 0) is 0 Å². The summed E-state index contributed by atoms with van der Waals surface area (Å²) in [7, 11) is 0. The summed E-state index contributed by atoms with van der Waals surface area (Å²) < 4.78 is 0. The molecule has 0 unspecified atom stereocenters. The number of nitriles is 1. The van der Waals surface area contributed by atoms with Gasteiger partial charge in [0.15, 0.2) is 0 Å². The maximum Gasteiger partial charge on any atom is 0.109 e. The third-order valence-electron chi connectivity index (χ3n) is 2.90. The molecule has 0 atom stereocenters. The molecular formula is C12H24N2. The Morgan fingerprint density at radius 2 is 1.43 bits per heavy atom. The van der Waals surface area contributed by atoms with Gasteiger partial charge in [0.2, 0.25) is 0 Å². The Morgan fingerprint density at radius 1 is 1.00 bits per heavy atom. The van der Waals surface area contributed by atoms with Crippen LogP contribution in [0.2, 0.25) is 0 Å². The zero-order valence-electron chi connectivity index (χ0n) is 10.1. The molecule has 14 heavy (non-hydrogen) atoms. The molecule has 0 saturated heterocycles. The average molecular weight is 196 g/mol. The Morgan fingerprint density at radius 3 is 1.64 bits per heavy atom. The highest BCUT2D eigenvalue weighted by molar-refractivity contribution is 5.07. The van der Waals surface area contributed by atoms with Crippen molar-refractivity contribution in [3.8, 4) is 6.07 Å². The quantitative estimate of drug-likeness (QED) is 0.625. The van der Waals surface area contributed by atoms with Gasteiger partial charge in [-0.2, -0.15) is 5.26 Å². The molecule has 0 aliphatic carbocycles. The van der Waals surface area contributed by atoms with Gasteiger partial charge in [0.05, 0.1) is 6.07 Å². The third kappa shape index (κ3) is 2.99. The topological polar surface area (TPSA) is 27.0 Å². The largest absolute Gasteiger partial charge is 0.286 e. The summed E-state index contributed by atoms with van der Waals surface area (Å²) in [5.74, 6) is 0. The van der Waals surface area contributed by atoms with Crippen molar-refractivity contribution in [2.45, 2.75) is 58.9 Å². The number of hydrogen-bond acceptors (Lipinski definition) is 2. The molecule has 0 heterocycles. The van der Waals surface area contributed by atoms with Crippen molar-refractivity contribution in [2.75, 3.05) is 13.1 Å². The van der Waals surface area contributed by atoms with E-state index in [0.29, 0.717) is 0 Å². The Labute approximate surface area is 88.9 Å². The molecule has 82 valence electrons. The molecular weight excluding hydrogens is 172 g/mol. The fraction of sp³-hybridized carbons (Fsp3) is 0.917. The van der Waals surface area contributed by atoms with Crippen molar-refractivity contribution in [1.82, 2.24) is 4.90 Å². The Bertz CT molecular complexity index is 171. The SMILES string of the molecule is CCCC(C#N)(CCC)N(CC)CC. The molecule has 0 N–H and O–H groups in total. The fourth-order valence-electron chi connectivity index (χ4n) is 2.28. The molecule has 0 aromatic rings. The highest BCUT2D eigenvalue weighted by atomic mass is 15.2. The van der Waals surface area contributed by atoms with Crippen LogP contribution in [0, 0.1) is 11.3 Å². The predicted octanol–water partition coefficient (Wildman–Crippen LogP) is 3.19. The van der Waals surface area contributed by atoms with Gasteiger partial charge < -0.3 is 0 Å². The van der Waals surface area contributed by atoms with Gasteiger partial charge in [-0.15, -0.1) is 0 Å². The lowest BCUT2D eigenvalue weighted by atomic mass is 9.88. The molecule has 0 radical (unpaired) electrons. The van der Waals surface area contributed by atoms with Crippen LogP contribution in [0.4, 0.5) is 0 Å². The molecule has 0 bridgehead atoms. The van der Waals surface area contributed by atoms with Crippen LogP contribution in [0.1, 0.15) is 53.4 Å². The standard InChI is InChI=1S/C12H24N2/c1-5-9-12(11-13,10-6-2)14(7-3)8-4/h5-10H2,1-4H3. The van der Waals surface area contributed by atoms with Crippen molar-refractivity contribution in [1.29, 1.82) is 5.26 Å². The fourth-order valence-corrected chi connectivity index (χ4v) is 2.28. The minimum atomic E-state index is -0.201. The lowest BCUT2D eigenvalue weighted by Crippen LogP contribution is -2.47. The van der Waals surface area contributed by atoms with Crippen LogP contribution >= 0.6 is 0 Å². The number of rotatable bonds is 7. The van der Waals surface area contributed by atoms with E-state index in [0.717, 1.165) is 38.8 Å². The van der Waals surface area contributed by atoms with Crippen LogP contribution in [0.25, 0.3) is 0 Å². The summed E-state index contributed by atoms with van der Waals surface area (Å²) in [6.45, 7) is 10.5. The maximum absolute atomic E-state index is 9.38. The molecule has 0 aliphatic rings. The lowest BCUT2D eigenvalue weighted by Gasteiger charge is -2.37. The zero-order valence-corrected chi connectivity index (χ0v) is 10.1. The van der Waals surface area contributed by atoms with Crippen molar-refractivity contribution >= 4 is 0 Å². The van der Waals surface area contributed by atoms with Gasteiger partial charge in [0.25, 0.3) is 0 Å². The second-order valence-electron chi connectivity index (χ2n) is 3.82. The molecule has 2 heteroatoms. The maximum atomic E-state index is 9.38.